The molecule has 2 atom stereocenters. The van der Waals surface area contributed by atoms with Crippen LogP contribution in [0.1, 0.15) is 44.7 Å². The van der Waals surface area contributed by atoms with Gasteiger partial charge in [0.05, 0.1) is 0 Å². The topological polar surface area (TPSA) is 106 Å². The van der Waals surface area contributed by atoms with Crippen LogP contribution in [0.15, 0.2) is 27.4 Å². The first kappa shape index (κ1) is 19.9. The van der Waals surface area contributed by atoms with Crippen molar-refractivity contribution in [2.24, 2.45) is 5.92 Å². The third-order valence-electron chi connectivity index (χ3n) is 4.95. The predicted octanol–water partition coefficient (Wildman–Crippen LogP) is 2.66. The maximum Gasteiger partial charge on any atom is 0.339 e. The molecule has 150 valence electrons. The standard InChI is InChI=1S/C21H25NO6/c1-11(2)9-17(20(24)25)22-19(23)12(3)27-13-7-8-15-14-5-4-6-16(14)21(26)28-18(15)10-13/h7-8,10-12,17H,4-6,9H2,1-3H3,(H,22,23)(H,24,25)/t12-,17+/m1/s1. The van der Waals surface area contributed by atoms with Crippen molar-refractivity contribution in [3.8, 4) is 5.75 Å². The van der Waals surface area contributed by atoms with E-state index in [1.807, 2.05) is 19.9 Å². The van der Waals surface area contributed by atoms with Gasteiger partial charge in [0.2, 0.25) is 0 Å². The van der Waals surface area contributed by atoms with Crippen molar-refractivity contribution in [1.82, 2.24) is 5.32 Å². The highest BCUT2D eigenvalue weighted by Gasteiger charge is 2.25. The fourth-order valence-electron chi connectivity index (χ4n) is 3.58. The summed E-state index contributed by atoms with van der Waals surface area (Å²) in [5.74, 6) is -1.08. The van der Waals surface area contributed by atoms with Crippen molar-refractivity contribution in [2.45, 2.75) is 58.6 Å². The molecule has 0 radical (unpaired) electrons. The van der Waals surface area contributed by atoms with Gasteiger partial charge >= 0.3 is 11.6 Å². The van der Waals surface area contributed by atoms with Crippen LogP contribution in [0.3, 0.4) is 0 Å². The van der Waals surface area contributed by atoms with Crippen molar-refractivity contribution >= 4 is 22.8 Å². The van der Waals surface area contributed by atoms with Gasteiger partial charge in [-0.3, -0.25) is 4.79 Å². The number of hydrogen-bond acceptors (Lipinski definition) is 5. The summed E-state index contributed by atoms with van der Waals surface area (Å²) < 4.78 is 11.1. The van der Waals surface area contributed by atoms with Gasteiger partial charge in [0, 0.05) is 17.0 Å². The number of fused-ring (bicyclic) bond motifs is 3. The Morgan fingerprint density at radius 3 is 2.61 bits per heavy atom. The lowest BCUT2D eigenvalue weighted by Crippen LogP contribution is -2.46. The molecule has 1 amide bonds. The normalized spacial score (nSPS) is 15.3. The Morgan fingerprint density at radius 2 is 1.93 bits per heavy atom. The molecule has 1 aromatic heterocycles. The van der Waals surface area contributed by atoms with Crippen molar-refractivity contribution < 1.29 is 23.8 Å². The molecule has 28 heavy (non-hydrogen) atoms. The molecule has 0 saturated carbocycles. The van der Waals surface area contributed by atoms with E-state index in [1.54, 1.807) is 19.1 Å². The van der Waals surface area contributed by atoms with Gasteiger partial charge in [0.25, 0.3) is 5.91 Å². The molecule has 0 fully saturated rings. The molecule has 1 aliphatic rings. The molecule has 1 aliphatic carbocycles. The average Bonchev–Trinajstić information content (AvgIpc) is 3.11. The van der Waals surface area contributed by atoms with E-state index >= 15 is 0 Å². The quantitative estimate of drug-likeness (QED) is 0.708. The van der Waals surface area contributed by atoms with Crippen molar-refractivity contribution in [2.75, 3.05) is 0 Å². The first-order valence-corrected chi connectivity index (χ1v) is 9.54. The van der Waals surface area contributed by atoms with Gasteiger partial charge in [-0.1, -0.05) is 13.8 Å². The van der Waals surface area contributed by atoms with Crippen LogP contribution < -0.4 is 15.7 Å². The summed E-state index contributed by atoms with van der Waals surface area (Å²) in [6, 6.07) is 4.20. The van der Waals surface area contributed by atoms with Crippen LogP contribution in [0.2, 0.25) is 0 Å². The number of nitrogens with one attached hydrogen (secondary N) is 1. The zero-order chi connectivity index (χ0) is 20.4. The smallest absolute Gasteiger partial charge is 0.339 e. The average molecular weight is 387 g/mol. The van der Waals surface area contributed by atoms with Crippen LogP contribution in [0.5, 0.6) is 5.75 Å². The molecular formula is C21H25NO6. The number of aliphatic carboxylic acids is 1. The van der Waals surface area contributed by atoms with Crippen LogP contribution >= 0.6 is 0 Å². The largest absolute Gasteiger partial charge is 0.481 e. The number of amides is 1. The van der Waals surface area contributed by atoms with Crippen LogP contribution in [-0.2, 0) is 22.4 Å². The van der Waals surface area contributed by atoms with E-state index in [4.69, 9.17) is 9.15 Å². The van der Waals surface area contributed by atoms with Crippen molar-refractivity contribution in [3.63, 3.8) is 0 Å². The second kappa shape index (κ2) is 8.04. The zero-order valence-electron chi connectivity index (χ0n) is 16.3. The van der Waals surface area contributed by atoms with Crippen LogP contribution in [-0.4, -0.2) is 29.1 Å². The van der Waals surface area contributed by atoms with E-state index in [9.17, 15) is 19.5 Å². The van der Waals surface area contributed by atoms with Gasteiger partial charge < -0.3 is 19.6 Å². The lowest BCUT2D eigenvalue weighted by Gasteiger charge is -2.20. The molecule has 0 bridgehead atoms. The molecule has 0 saturated heterocycles. The summed E-state index contributed by atoms with van der Waals surface area (Å²) in [4.78, 5) is 35.8. The summed E-state index contributed by atoms with van der Waals surface area (Å²) >= 11 is 0. The van der Waals surface area contributed by atoms with Gasteiger partial charge in [0.15, 0.2) is 6.10 Å². The predicted molar refractivity (Wildman–Crippen MR) is 104 cm³/mol. The Morgan fingerprint density at radius 1 is 1.21 bits per heavy atom. The van der Waals surface area contributed by atoms with Gasteiger partial charge in [-0.25, -0.2) is 9.59 Å². The minimum absolute atomic E-state index is 0.128. The maximum absolute atomic E-state index is 12.3. The number of hydrogen-bond donors (Lipinski definition) is 2. The van der Waals surface area contributed by atoms with E-state index < -0.39 is 24.0 Å². The summed E-state index contributed by atoms with van der Waals surface area (Å²) in [5.41, 5.74) is 1.89. The van der Waals surface area contributed by atoms with Crippen molar-refractivity contribution in [1.29, 1.82) is 0 Å². The van der Waals surface area contributed by atoms with Crippen LogP contribution in [0, 0.1) is 5.92 Å². The summed E-state index contributed by atoms with van der Waals surface area (Å²) in [5, 5.41) is 12.7. The van der Waals surface area contributed by atoms with E-state index in [-0.39, 0.29) is 11.5 Å². The highest BCUT2D eigenvalue weighted by molar-refractivity contribution is 5.87. The zero-order valence-corrected chi connectivity index (χ0v) is 16.3. The Labute approximate surface area is 162 Å². The summed E-state index contributed by atoms with van der Waals surface area (Å²) in [7, 11) is 0. The maximum atomic E-state index is 12.3. The summed E-state index contributed by atoms with van der Waals surface area (Å²) in [6.45, 7) is 5.33. The SMILES string of the molecule is CC(C)C[C@H](NC(=O)[C@@H](C)Oc1ccc2c3c(c(=O)oc2c1)CCC3)C(=O)O. The van der Waals surface area contributed by atoms with Gasteiger partial charge in [0.1, 0.15) is 17.4 Å². The lowest BCUT2D eigenvalue weighted by molar-refractivity contribution is -0.143. The third kappa shape index (κ3) is 4.18. The van der Waals surface area contributed by atoms with Gasteiger partial charge in [-0.05, 0) is 56.2 Å². The molecule has 1 heterocycles. The van der Waals surface area contributed by atoms with E-state index in [2.05, 4.69) is 5.32 Å². The molecule has 2 aromatic rings. The Bertz CT molecular complexity index is 961. The highest BCUT2D eigenvalue weighted by Crippen LogP contribution is 2.29. The Kier molecular flexibility index (Phi) is 5.72. The molecule has 2 N–H and O–H groups in total. The van der Waals surface area contributed by atoms with Gasteiger partial charge in [-0.15, -0.1) is 0 Å². The fourth-order valence-corrected chi connectivity index (χ4v) is 3.58. The molecule has 0 spiro atoms. The van der Waals surface area contributed by atoms with Gasteiger partial charge in [-0.2, -0.15) is 0 Å². The molecule has 7 nitrogen and oxygen atoms in total. The van der Waals surface area contributed by atoms with Crippen LogP contribution in [0.25, 0.3) is 11.0 Å². The minimum Gasteiger partial charge on any atom is -0.481 e. The molecule has 0 unspecified atom stereocenters. The number of carbonyl (C=O) groups excluding carboxylic acids is 1. The van der Waals surface area contributed by atoms with E-state index in [0.717, 1.165) is 35.8 Å². The van der Waals surface area contributed by atoms with Crippen molar-refractivity contribution in [3.05, 3.63) is 39.7 Å². The highest BCUT2D eigenvalue weighted by atomic mass is 16.5. The monoisotopic (exact) mass is 387 g/mol. The number of carboxylic acids is 1. The van der Waals surface area contributed by atoms with E-state index in [1.165, 1.54) is 0 Å². The fraction of sp³-hybridized carbons (Fsp3) is 0.476. The number of rotatable bonds is 7. The first-order valence-electron chi connectivity index (χ1n) is 9.54. The molecule has 3 rings (SSSR count). The molecule has 7 heteroatoms. The van der Waals surface area contributed by atoms with E-state index in [0.29, 0.717) is 17.8 Å². The van der Waals surface area contributed by atoms with Crippen LogP contribution in [0.4, 0.5) is 0 Å². The summed E-state index contributed by atoms with van der Waals surface area (Å²) in [6.07, 6.45) is 1.97. The molecular weight excluding hydrogens is 362 g/mol. The number of aryl methyl sites for hydroxylation is 1. The number of carbonyl (C=O) groups is 2. The number of carboxylic acid groups (broad SMARTS) is 1. The first-order chi connectivity index (χ1) is 13.3. The number of benzene rings is 1. The third-order valence-corrected chi connectivity index (χ3v) is 4.95. The molecule has 1 aromatic carbocycles. The molecule has 0 aliphatic heterocycles. The second-order valence-corrected chi connectivity index (χ2v) is 7.65. The second-order valence-electron chi connectivity index (χ2n) is 7.65. The number of ether oxygens (including phenoxy) is 1. The lowest BCUT2D eigenvalue weighted by atomic mass is 10.0. The minimum atomic E-state index is -1.07. The Hall–Kier alpha value is -2.83. The Balaban J connectivity index is 1.75.